The van der Waals surface area contributed by atoms with Gasteiger partial charge in [0, 0.05) is 16.9 Å². The Kier molecular flexibility index (Phi) is 3.01. The van der Waals surface area contributed by atoms with E-state index in [1.165, 1.54) is 12.4 Å². The second kappa shape index (κ2) is 5.58. The second-order valence-electron chi connectivity index (χ2n) is 4.13. The van der Waals surface area contributed by atoms with Crippen LogP contribution in [0.5, 0.6) is 5.75 Å². The molecular formula is C14H12BrN3O2. The molecule has 0 saturated carbocycles. The molecule has 1 amide bonds. The van der Waals surface area contributed by atoms with Crippen LogP contribution in [0, 0.1) is 0 Å². The van der Waals surface area contributed by atoms with Crippen molar-refractivity contribution in [1.82, 2.24) is 14.9 Å². The predicted octanol–water partition coefficient (Wildman–Crippen LogP) is 2.27. The van der Waals surface area contributed by atoms with Gasteiger partial charge in [-0.25, -0.2) is 9.97 Å². The Morgan fingerprint density at radius 2 is 2.20 bits per heavy atom. The Labute approximate surface area is 127 Å². The van der Waals surface area contributed by atoms with E-state index in [1.54, 1.807) is 24.3 Å². The van der Waals surface area contributed by atoms with Crippen molar-refractivity contribution < 1.29 is 12.3 Å². The second-order valence-corrected chi connectivity index (χ2v) is 5.05. The highest BCUT2D eigenvalue weighted by Crippen LogP contribution is 2.26. The number of hydrogen-bond donors (Lipinski definition) is 0. The fourth-order valence-corrected chi connectivity index (χ4v) is 2.23. The molecule has 2 heterocycles. The number of rotatable bonds is 2. The smallest absolute Gasteiger partial charge is 0.258 e. The monoisotopic (exact) mass is 335 g/mol. The molecule has 0 radical (unpaired) electrons. The number of fused-ring (bicyclic) bond motifs is 1. The van der Waals surface area contributed by atoms with Gasteiger partial charge in [-0.3, -0.25) is 4.79 Å². The van der Waals surface area contributed by atoms with Crippen molar-refractivity contribution in [1.29, 1.82) is 0 Å². The predicted molar refractivity (Wildman–Crippen MR) is 76.4 cm³/mol. The van der Waals surface area contributed by atoms with E-state index in [2.05, 4.69) is 25.9 Å². The van der Waals surface area contributed by atoms with Crippen molar-refractivity contribution in [2.45, 2.75) is 6.50 Å². The molecule has 1 aliphatic heterocycles. The topological polar surface area (TPSA) is 55.3 Å². The van der Waals surface area contributed by atoms with Crippen LogP contribution in [-0.4, -0.2) is 33.9 Å². The average Bonchev–Trinajstić information content (AvgIpc) is 2.68. The molecule has 0 aliphatic carbocycles. The molecule has 1 aliphatic rings. The summed E-state index contributed by atoms with van der Waals surface area (Å²) in [5, 5.41) is 0. The molecule has 0 atom stereocenters. The molecule has 0 fully saturated rings. The molecule has 5 nitrogen and oxygen atoms in total. The summed E-state index contributed by atoms with van der Waals surface area (Å²) in [6, 6.07) is 6.68. The summed E-state index contributed by atoms with van der Waals surface area (Å²) in [5.41, 5.74) is 0.312. The highest BCUT2D eigenvalue weighted by Gasteiger charge is 2.24. The number of halogens is 1. The minimum atomic E-state index is -2.12. The first-order chi connectivity index (χ1) is 10.5. The maximum absolute atomic E-state index is 12.7. The first-order valence-electron chi connectivity index (χ1n) is 7.02. The molecule has 20 heavy (non-hydrogen) atoms. The molecule has 1 aromatic carbocycles. The third-order valence-corrected chi connectivity index (χ3v) is 3.28. The van der Waals surface area contributed by atoms with Crippen molar-refractivity contribution in [2.75, 3.05) is 13.2 Å². The van der Waals surface area contributed by atoms with Crippen LogP contribution in [0.15, 0.2) is 41.1 Å². The molecule has 0 N–H and O–H groups in total. The fraction of sp³-hybridized carbons (Fsp3) is 0.214. The van der Waals surface area contributed by atoms with E-state index in [9.17, 15) is 4.79 Å². The van der Waals surface area contributed by atoms with Gasteiger partial charge < -0.3 is 9.64 Å². The first kappa shape index (κ1) is 10.8. The first-order valence-corrected chi connectivity index (χ1v) is 6.81. The van der Waals surface area contributed by atoms with E-state index in [1.807, 2.05) is 0 Å². The van der Waals surface area contributed by atoms with E-state index in [-0.39, 0.29) is 19.0 Å². The number of hydrogen-bond acceptors (Lipinski definition) is 4. The molecule has 6 heteroatoms. The van der Waals surface area contributed by atoms with Gasteiger partial charge in [-0.2, -0.15) is 0 Å². The summed E-state index contributed by atoms with van der Waals surface area (Å²) in [5.74, 6) is -0.0615. The van der Waals surface area contributed by atoms with E-state index in [0.29, 0.717) is 11.3 Å². The molecule has 0 saturated heterocycles. The van der Waals surface area contributed by atoms with Gasteiger partial charge in [-0.15, -0.1) is 0 Å². The van der Waals surface area contributed by atoms with Crippen LogP contribution in [-0.2, 0) is 6.50 Å². The van der Waals surface area contributed by atoms with Gasteiger partial charge in [0.2, 0.25) is 0 Å². The van der Waals surface area contributed by atoms with Crippen molar-refractivity contribution >= 4 is 21.8 Å². The normalized spacial score (nSPS) is 16.6. The summed E-state index contributed by atoms with van der Waals surface area (Å²) < 4.78 is 22.8. The fourth-order valence-electron chi connectivity index (χ4n) is 1.87. The average molecular weight is 336 g/mol. The molecule has 1 aromatic heterocycles. The van der Waals surface area contributed by atoms with Gasteiger partial charge in [0.15, 0.2) is 0 Å². The third-order valence-electron chi connectivity index (χ3n) is 2.79. The Hall–Kier alpha value is -1.95. The third kappa shape index (κ3) is 2.65. The molecule has 0 spiro atoms. The largest absolute Gasteiger partial charge is 0.491 e. The van der Waals surface area contributed by atoms with Gasteiger partial charge in [-0.05, 0) is 24.3 Å². The zero-order valence-electron chi connectivity index (χ0n) is 12.4. The van der Waals surface area contributed by atoms with Crippen molar-refractivity contribution in [3.63, 3.8) is 0 Å². The van der Waals surface area contributed by atoms with E-state index >= 15 is 0 Å². The van der Waals surface area contributed by atoms with E-state index in [0.717, 1.165) is 9.37 Å². The number of carbonyl (C=O) groups is 1. The van der Waals surface area contributed by atoms with Gasteiger partial charge >= 0.3 is 0 Å². The number of amides is 1. The number of aromatic nitrogens is 2. The number of ether oxygens (including phenoxy) is 1. The van der Waals surface area contributed by atoms with Crippen molar-refractivity contribution in [3.8, 4) is 5.75 Å². The highest BCUT2D eigenvalue weighted by molar-refractivity contribution is 9.10. The van der Waals surface area contributed by atoms with E-state index < -0.39 is 12.4 Å². The summed E-state index contributed by atoms with van der Waals surface area (Å²) in [7, 11) is 0. The standard InChI is InChI=1S/C14H12BrN3O2/c15-10-2-3-12-11(8-10)14(19)18(6-7-20-12)9-13-16-4-1-5-17-13/h1-5,8H,6-7,9H2/i9D2. The van der Waals surface area contributed by atoms with Gasteiger partial charge in [0.25, 0.3) is 5.91 Å². The Morgan fingerprint density at radius 3 is 3.00 bits per heavy atom. The molecule has 3 rings (SSSR count). The molecule has 0 bridgehead atoms. The van der Waals surface area contributed by atoms with Crippen LogP contribution in [0.1, 0.15) is 18.9 Å². The lowest BCUT2D eigenvalue weighted by atomic mass is 10.2. The lowest BCUT2D eigenvalue weighted by Crippen LogP contribution is -2.32. The van der Waals surface area contributed by atoms with Crippen LogP contribution in [0.25, 0.3) is 0 Å². The van der Waals surface area contributed by atoms with Crippen LogP contribution >= 0.6 is 15.9 Å². The van der Waals surface area contributed by atoms with Crippen molar-refractivity contribution in [3.05, 3.63) is 52.5 Å². The zero-order valence-corrected chi connectivity index (χ0v) is 12.0. The Balaban J connectivity index is 2.03. The minimum Gasteiger partial charge on any atom is -0.491 e. The zero-order chi connectivity index (χ0) is 15.7. The lowest BCUT2D eigenvalue weighted by Gasteiger charge is -2.18. The quantitative estimate of drug-likeness (QED) is 0.844. The van der Waals surface area contributed by atoms with E-state index in [4.69, 9.17) is 7.48 Å². The number of nitrogens with zero attached hydrogens (tertiary/aromatic N) is 3. The highest BCUT2D eigenvalue weighted by atomic mass is 79.9. The number of carbonyl (C=O) groups excluding carboxylic acids is 1. The maximum atomic E-state index is 12.7. The SMILES string of the molecule is [2H]C([2H])(c1ncccn1)N1CCOc2ccc(Br)cc2C1=O. The van der Waals surface area contributed by atoms with Crippen LogP contribution in [0.4, 0.5) is 0 Å². The molecular weight excluding hydrogens is 322 g/mol. The van der Waals surface area contributed by atoms with Crippen LogP contribution in [0.2, 0.25) is 0 Å². The van der Waals surface area contributed by atoms with Gasteiger partial charge in [0.05, 0.1) is 21.3 Å². The molecule has 0 unspecified atom stereocenters. The summed E-state index contributed by atoms with van der Waals surface area (Å²) in [4.78, 5) is 21.7. The Morgan fingerprint density at radius 1 is 1.40 bits per heavy atom. The maximum Gasteiger partial charge on any atom is 0.258 e. The Bertz CT molecular complexity index is 712. The van der Waals surface area contributed by atoms with Gasteiger partial charge in [0.1, 0.15) is 18.2 Å². The van der Waals surface area contributed by atoms with Gasteiger partial charge in [-0.1, -0.05) is 15.9 Å². The minimum absolute atomic E-state index is 0.0539. The molecule has 102 valence electrons. The molecule has 2 aromatic rings. The van der Waals surface area contributed by atoms with Crippen LogP contribution in [0.3, 0.4) is 0 Å². The lowest BCUT2D eigenvalue weighted by molar-refractivity contribution is 0.0738. The summed E-state index contributed by atoms with van der Waals surface area (Å²) in [6.45, 7) is -1.81. The summed E-state index contributed by atoms with van der Waals surface area (Å²) >= 11 is 3.31. The summed E-state index contributed by atoms with van der Waals surface area (Å²) in [6.07, 6.45) is 2.90. The van der Waals surface area contributed by atoms with Crippen molar-refractivity contribution in [2.24, 2.45) is 0 Å². The number of benzene rings is 1. The van der Waals surface area contributed by atoms with Crippen LogP contribution < -0.4 is 4.74 Å².